The van der Waals surface area contributed by atoms with E-state index in [2.05, 4.69) is 4.98 Å². The van der Waals surface area contributed by atoms with Gasteiger partial charge in [-0.15, -0.1) is 0 Å². The van der Waals surface area contributed by atoms with Crippen LogP contribution < -0.4 is 4.74 Å². The predicted molar refractivity (Wildman–Crippen MR) is 111 cm³/mol. The lowest BCUT2D eigenvalue weighted by molar-refractivity contribution is 0.0774. The molecule has 1 aromatic heterocycles. The second-order valence-corrected chi connectivity index (χ2v) is 7.14. The molecule has 138 valence electrons. The Hall–Kier alpha value is -3.40. The van der Waals surface area contributed by atoms with E-state index in [1.165, 1.54) is 0 Å². The highest BCUT2D eigenvalue weighted by Crippen LogP contribution is 2.27. The number of aromatic nitrogens is 1. The van der Waals surface area contributed by atoms with Crippen LogP contribution in [0.4, 0.5) is 0 Å². The fourth-order valence-corrected chi connectivity index (χ4v) is 3.94. The lowest BCUT2D eigenvalue weighted by Crippen LogP contribution is -2.31. The van der Waals surface area contributed by atoms with Gasteiger partial charge in [0.25, 0.3) is 5.91 Å². The number of amides is 1. The van der Waals surface area contributed by atoms with E-state index < -0.39 is 0 Å². The molecule has 0 radical (unpaired) electrons. The number of hydrogen-bond acceptors (Lipinski definition) is 3. The summed E-state index contributed by atoms with van der Waals surface area (Å²) in [7, 11) is 0. The number of hydrogen-bond donors (Lipinski definition) is 0. The molecule has 28 heavy (non-hydrogen) atoms. The van der Waals surface area contributed by atoms with Crippen molar-refractivity contribution in [2.75, 3.05) is 13.1 Å². The number of benzene rings is 3. The summed E-state index contributed by atoms with van der Waals surface area (Å²) in [6.45, 7) is 1.29. The first-order valence-electron chi connectivity index (χ1n) is 9.57. The van der Waals surface area contributed by atoms with Crippen LogP contribution in [0.5, 0.6) is 5.75 Å². The van der Waals surface area contributed by atoms with Crippen molar-refractivity contribution < 1.29 is 9.53 Å². The smallest absolute Gasteiger partial charge is 0.254 e. The fourth-order valence-electron chi connectivity index (χ4n) is 3.94. The molecule has 0 N–H and O–H groups in total. The highest BCUT2D eigenvalue weighted by atomic mass is 16.5. The summed E-state index contributed by atoms with van der Waals surface area (Å²) in [6.07, 6.45) is 2.58. The number of ether oxygens (including phenoxy) is 1. The minimum Gasteiger partial charge on any atom is -0.486 e. The summed E-state index contributed by atoms with van der Waals surface area (Å²) in [4.78, 5) is 19.5. The summed E-state index contributed by atoms with van der Waals surface area (Å²) in [6, 6.07) is 23.8. The molecule has 5 rings (SSSR count). The highest BCUT2D eigenvalue weighted by molar-refractivity contribution is 6.07. The molecule has 0 bridgehead atoms. The average molecular weight is 368 g/mol. The van der Waals surface area contributed by atoms with Crippen LogP contribution in [0, 0.1) is 0 Å². The van der Waals surface area contributed by atoms with Crippen molar-refractivity contribution in [1.82, 2.24) is 9.88 Å². The molecule has 3 aromatic carbocycles. The van der Waals surface area contributed by atoms with Gasteiger partial charge in [0.1, 0.15) is 17.4 Å². The molecule has 2 heterocycles. The monoisotopic (exact) mass is 368 g/mol. The molecular weight excluding hydrogens is 348 g/mol. The van der Waals surface area contributed by atoms with E-state index in [0.717, 1.165) is 39.4 Å². The second-order valence-electron chi connectivity index (χ2n) is 7.14. The van der Waals surface area contributed by atoms with Gasteiger partial charge in [-0.2, -0.15) is 0 Å². The molecule has 1 aliphatic rings. The average Bonchev–Trinajstić information content (AvgIpc) is 3.22. The molecule has 1 aliphatic heterocycles. The Morgan fingerprint density at radius 2 is 1.71 bits per heavy atom. The van der Waals surface area contributed by atoms with Gasteiger partial charge >= 0.3 is 0 Å². The van der Waals surface area contributed by atoms with Crippen LogP contribution in [-0.4, -0.2) is 35.0 Å². The Bertz CT molecular complexity index is 1160. The van der Waals surface area contributed by atoms with E-state index in [0.29, 0.717) is 13.1 Å². The summed E-state index contributed by atoms with van der Waals surface area (Å²) >= 11 is 0. The first-order valence-corrected chi connectivity index (χ1v) is 9.57. The molecule has 4 nitrogen and oxygen atoms in total. The fraction of sp³-hybridized carbons (Fsp3) is 0.167. The Morgan fingerprint density at radius 3 is 2.68 bits per heavy atom. The standard InChI is InChI=1S/C24H20N2O2/c27-24(21-11-3-7-17-6-1-2-10-20(17)21)26-15-13-19(16-26)28-22-12-4-8-18-9-5-14-25-23(18)22/h1-12,14,19H,13,15-16H2. The van der Waals surface area contributed by atoms with Crippen molar-refractivity contribution in [3.05, 3.63) is 84.6 Å². The number of rotatable bonds is 3. The van der Waals surface area contributed by atoms with Crippen LogP contribution in [0.25, 0.3) is 21.7 Å². The van der Waals surface area contributed by atoms with Gasteiger partial charge in [0.15, 0.2) is 0 Å². The van der Waals surface area contributed by atoms with E-state index in [-0.39, 0.29) is 12.0 Å². The molecule has 4 heteroatoms. The van der Waals surface area contributed by atoms with Crippen molar-refractivity contribution in [3.8, 4) is 5.75 Å². The van der Waals surface area contributed by atoms with Gasteiger partial charge in [-0.05, 0) is 29.0 Å². The van der Waals surface area contributed by atoms with E-state index in [1.807, 2.05) is 77.7 Å². The molecule has 0 saturated carbocycles. The van der Waals surface area contributed by atoms with Gasteiger partial charge in [-0.3, -0.25) is 9.78 Å². The minimum atomic E-state index is -0.0217. The summed E-state index contributed by atoms with van der Waals surface area (Å²) in [5, 5.41) is 3.14. The minimum absolute atomic E-state index is 0.0217. The number of nitrogens with zero attached hydrogens (tertiary/aromatic N) is 2. The van der Waals surface area contributed by atoms with Crippen LogP contribution in [0.1, 0.15) is 16.8 Å². The number of carbonyl (C=O) groups excluding carboxylic acids is 1. The Morgan fingerprint density at radius 1 is 0.929 bits per heavy atom. The molecule has 1 saturated heterocycles. The van der Waals surface area contributed by atoms with Crippen molar-refractivity contribution in [2.45, 2.75) is 12.5 Å². The molecule has 0 aliphatic carbocycles. The Balaban J connectivity index is 1.36. The largest absolute Gasteiger partial charge is 0.486 e. The van der Waals surface area contributed by atoms with Crippen molar-refractivity contribution in [3.63, 3.8) is 0 Å². The molecule has 1 amide bonds. The van der Waals surface area contributed by atoms with Gasteiger partial charge in [0, 0.05) is 30.1 Å². The maximum absolute atomic E-state index is 13.1. The van der Waals surface area contributed by atoms with Crippen molar-refractivity contribution in [1.29, 1.82) is 0 Å². The molecule has 1 unspecified atom stereocenters. The van der Waals surface area contributed by atoms with Crippen molar-refractivity contribution >= 4 is 27.6 Å². The zero-order chi connectivity index (χ0) is 18.9. The Labute approximate surface area is 163 Å². The number of para-hydroxylation sites is 1. The van der Waals surface area contributed by atoms with Crippen LogP contribution in [0.3, 0.4) is 0 Å². The van der Waals surface area contributed by atoms with Gasteiger partial charge in [0.2, 0.25) is 0 Å². The zero-order valence-corrected chi connectivity index (χ0v) is 15.4. The normalized spacial score (nSPS) is 16.6. The molecule has 4 aromatic rings. The third-order valence-corrected chi connectivity index (χ3v) is 5.34. The van der Waals surface area contributed by atoms with E-state index >= 15 is 0 Å². The second kappa shape index (κ2) is 6.97. The van der Waals surface area contributed by atoms with Gasteiger partial charge in [-0.1, -0.05) is 54.6 Å². The molecular formula is C24H20N2O2. The van der Waals surface area contributed by atoms with E-state index in [9.17, 15) is 4.79 Å². The van der Waals surface area contributed by atoms with E-state index in [4.69, 9.17) is 4.74 Å². The van der Waals surface area contributed by atoms with Gasteiger partial charge < -0.3 is 9.64 Å². The number of fused-ring (bicyclic) bond motifs is 2. The first-order chi connectivity index (χ1) is 13.8. The van der Waals surface area contributed by atoms with Gasteiger partial charge in [0.05, 0.1) is 6.54 Å². The number of likely N-dealkylation sites (tertiary alicyclic amines) is 1. The quantitative estimate of drug-likeness (QED) is 0.527. The molecule has 1 atom stereocenters. The van der Waals surface area contributed by atoms with Crippen molar-refractivity contribution in [2.24, 2.45) is 0 Å². The topological polar surface area (TPSA) is 42.4 Å². The summed E-state index contributed by atoms with van der Waals surface area (Å²) in [5.41, 5.74) is 1.62. The summed E-state index contributed by atoms with van der Waals surface area (Å²) < 4.78 is 6.24. The maximum Gasteiger partial charge on any atom is 0.254 e. The van der Waals surface area contributed by atoms with Crippen LogP contribution >= 0.6 is 0 Å². The molecule has 1 fully saturated rings. The SMILES string of the molecule is O=C(c1cccc2ccccc12)N1CCC(Oc2cccc3cccnc23)C1. The van der Waals surface area contributed by atoms with E-state index in [1.54, 1.807) is 6.20 Å². The zero-order valence-electron chi connectivity index (χ0n) is 15.4. The first kappa shape index (κ1) is 16.8. The Kier molecular flexibility index (Phi) is 4.17. The number of carbonyl (C=O) groups is 1. The predicted octanol–water partition coefficient (Wildman–Crippen LogP) is 4.68. The third kappa shape index (κ3) is 2.97. The highest BCUT2D eigenvalue weighted by Gasteiger charge is 2.29. The van der Waals surface area contributed by atoms with Crippen LogP contribution in [0.15, 0.2) is 79.0 Å². The van der Waals surface area contributed by atoms with Crippen LogP contribution in [-0.2, 0) is 0 Å². The molecule has 0 spiro atoms. The number of pyridine rings is 1. The van der Waals surface area contributed by atoms with Crippen LogP contribution in [0.2, 0.25) is 0 Å². The lowest BCUT2D eigenvalue weighted by atomic mass is 10.0. The van der Waals surface area contributed by atoms with Gasteiger partial charge in [-0.25, -0.2) is 0 Å². The maximum atomic E-state index is 13.1. The third-order valence-electron chi connectivity index (χ3n) is 5.34. The summed E-state index contributed by atoms with van der Waals surface area (Å²) in [5.74, 6) is 0.849. The lowest BCUT2D eigenvalue weighted by Gasteiger charge is -2.18.